The Morgan fingerprint density at radius 3 is 2.61 bits per heavy atom. The minimum absolute atomic E-state index is 0.0240. The Balaban J connectivity index is 2.06. The quantitative estimate of drug-likeness (QED) is 0.598. The Labute approximate surface area is 189 Å². The van der Waals surface area contributed by atoms with E-state index in [1.807, 2.05) is 0 Å². The Morgan fingerprint density at radius 1 is 1.36 bits per heavy atom. The molecule has 0 radical (unpaired) electrons. The van der Waals surface area contributed by atoms with Gasteiger partial charge < -0.3 is 10.2 Å². The minimum Gasteiger partial charge on any atom is -0.355 e. The summed E-state index contributed by atoms with van der Waals surface area (Å²) in [6.07, 6.45) is 2.95. The second kappa shape index (κ2) is 8.54. The number of aromatic nitrogens is 2. The molecule has 2 N–H and O–H groups in total. The van der Waals surface area contributed by atoms with Crippen LogP contribution in [-0.2, 0) is 15.7 Å². The molecular weight excluding hydrogens is 462 g/mol. The molecule has 2 aromatic heterocycles. The van der Waals surface area contributed by atoms with Crippen LogP contribution in [0.5, 0.6) is 0 Å². The monoisotopic (exact) mass is 487 g/mol. The topological polar surface area (TPSA) is 99.0 Å². The van der Waals surface area contributed by atoms with Crippen LogP contribution in [0.2, 0.25) is 0 Å². The van der Waals surface area contributed by atoms with Gasteiger partial charge in [0, 0.05) is 62.3 Å². The van der Waals surface area contributed by atoms with Crippen LogP contribution < -0.4 is 10.2 Å². The van der Waals surface area contributed by atoms with Gasteiger partial charge in [-0.05, 0) is 24.6 Å². The average molecular weight is 488 g/mol. The summed E-state index contributed by atoms with van der Waals surface area (Å²) in [7, 11) is -3.16. The number of amides is 1. The van der Waals surface area contributed by atoms with E-state index in [-0.39, 0.29) is 40.7 Å². The van der Waals surface area contributed by atoms with Gasteiger partial charge in [-0.25, -0.2) is 36.5 Å². The number of rotatable bonds is 5. The number of carbonyl (C=O) groups excluding carboxylic acids is 1. The summed E-state index contributed by atoms with van der Waals surface area (Å²) in [5.74, 6) is -7.92. The lowest BCUT2D eigenvalue weighted by molar-refractivity contribution is -0.0652. The molecule has 7 nitrogen and oxygen atoms in total. The second-order valence-corrected chi connectivity index (χ2v) is 10.5. The maximum Gasteiger partial charge on any atom is 0.272 e. The molecule has 0 unspecified atom stereocenters. The van der Waals surface area contributed by atoms with Gasteiger partial charge in [0.05, 0.1) is 15.3 Å². The van der Waals surface area contributed by atoms with Gasteiger partial charge in [-0.3, -0.25) is 4.79 Å². The van der Waals surface area contributed by atoms with E-state index in [1.165, 1.54) is 43.3 Å². The number of halogens is 4. The molecule has 12 heteroatoms. The van der Waals surface area contributed by atoms with Gasteiger partial charge in [0.15, 0.2) is 0 Å². The molecule has 0 aliphatic carbocycles. The highest BCUT2D eigenvalue weighted by molar-refractivity contribution is 7.91. The van der Waals surface area contributed by atoms with Crippen molar-refractivity contribution in [3.8, 4) is 0 Å². The Bertz CT molecular complexity index is 1180. The number of nitrogens with zero attached hydrogens (tertiary/aromatic N) is 3. The van der Waals surface area contributed by atoms with Crippen molar-refractivity contribution in [1.29, 1.82) is 4.78 Å². The summed E-state index contributed by atoms with van der Waals surface area (Å²) in [6, 6.07) is 2.66. The Kier molecular flexibility index (Phi) is 6.44. The van der Waals surface area contributed by atoms with Crippen molar-refractivity contribution in [2.75, 3.05) is 29.6 Å². The van der Waals surface area contributed by atoms with Crippen molar-refractivity contribution in [1.82, 2.24) is 9.97 Å². The van der Waals surface area contributed by atoms with E-state index in [9.17, 15) is 26.6 Å². The summed E-state index contributed by atoms with van der Waals surface area (Å²) in [6.45, 7) is 3.23. The molecule has 1 aliphatic heterocycles. The molecule has 1 fully saturated rings. The van der Waals surface area contributed by atoms with Crippen LogP contribution in [0.1, 0.15) is 41.8 Å². The maximum absolute atomic E-state index is 14.2. The van der Waals surface area contributed by atoms with Crippen molar-refractivity contribution in [3.05, 3.63) is 41.2 Å². The lowest BCUT2D eigenvalue weighted by Crippen LogP contribution is -2.47. The van der Waals surface area contributed by atoms with Crippen LogP contribution >= 0.6 is 0 Å². The third-order valence-corrected chi connectivity index (χ3v) is 6.66. The highest BCUT2D eigenvalue weighted by atomic mass is 32.2. The first-order valence-corrected chi connectivity index (χ1v) is 12.1. The maximum atomic E-state index is 14.2. The number of pyridine rings is 2. The van der Waals surface area contributed by atoms with Crippen LogP contribution in [-0.4, -0.2) is 45.4 Å². The standard InChI is InChI=1S/C21H25F4N5O2S/c1-12-11-30(8-6-21(12,24)25)18-17(13(2)15(10-28-18)20(3,22)23)19(31)29-14-5-7-27-16(9-14)33(4,26)32/h5,7,9-10,12,26H,6,8,11H2,1-4H3,(H,27,29,31)/t12-,33+/m0/s1. The van der Waals surface area contributed by atoms with Crippen LogP contribution in [0.3, 0.4) is 0 Å². The van der Waals surface area contributed by atoms with E-state index in [2.05, 4.69) is 15.3 Å². The number of piperidine rings is 1. The van der Waals surface area contributed by atoms with Gasteiger partial charge in [-0.15, -0.1) is 0 Å². The minimum atomic E-state index is -3.28. The van der Waals surface area contributed by atoms with Crippen molar-refractivity contribution in [2.45, 2.75) is 44.1 Å². The fourth-order valence-electron chi connectivity index (χ4n) is 3.72. The number of alkyl halides is 4. The summed E-state index contributed by atoms with van der Waals surface area (Å²) in [5.41, 5.74) is -0.480. The third kappa shape index (κ3) is 5.26. The highest BCUT2D eigenvalue weighted by Crippen LogP contribution is 2.38. The molecule has 2 aromatic rings. The zero-order chi connectivity index (χ0) is 24.8. The van der Waals surface area contributed by atoms with E-state index in [0.29, 0.717) is 6.92 Å². The molecule has 1 amide bonds. The first kappa shape index (κ1) is 24.9. The number of carbonyl (C=O) groups is 1. The van der Waals surface area contributed by atoms with Crippen LogP contribution in [0.4, 0.5) is 29.1 Å². The average Bonchev–Trinajstić information content (AvgIpc) is 2.68. The molecular formula is C21H25F4N5O2S. The van der Waals surface area contributed by atoms with Gasteiger partial charge in [-0.2, -0.15) is 0 Å². The molecule has 1 aliphatic rings. The largest absolute Gasteiger partial charge is 0.355 e. The van der Waals surface area contributed by atoms with Gasteiger partial charge >= 0.3 is 0 Å². The number of hydrogen-bond acceptors (Lipinski definition) is 6. The third-order valence-electron chi connectivity index (χ3n) is 5.64. The van der Waals surface area contributed by atoms with E-state index in [0.717, 1.165) is 6.20 Å². The molecule has 180 valence electrons. The molecule has 33 heavy (non-hydrogen) atoms. The Hall–Kier alpha value is -2.76. The van der Waals surface area contributed by atoms with Crippen LogP contribution in [0.25, 0.3) is 0 Å². The predicted octanol–water partition coefficient (Wildman–Crippen LogP) is 4.67. The molecule has 0 spiro atoms. The molecule has 2 atom stereocenters. The lowest BCUT2D eigenvalue weighted by Gasteiger charge is -2.38. The second-order valence-electron chi connectivity index (χ2n) is 8.42. The van der Waals surface area contributed by atoms with E-state index >= 15 is 0 Å². The summed E-state index contributed by atoms with van der Waals surface area (Å²) in [5, 5.41) is 2.49. The van der Waals surface area contributed by atoms with Gasteiger partial charge in [0.2, 0.25) is 0 Å². The first-order chi connectivity index (χ1) is 15.1. The van der Waals surface area contributed by atoms with E-state index in [4.69, 9.17) is 4.78 Å². The van der Waals surface area contributed by atoms with E-state index in [1.54, 1.807) is 0 Å². The fraction of sp³-hybridized carbons (Fsp3) is 0.476. The smallest absolute Gasteiger partial charge is 0.272 e. The first-order valence-electron chi connectivity index (χ1n) is 10.1. The molecule has 0 saturated carbocycles. The number of nitrogens with one attached hydrogen (secondary N) is 2. The highest BCUT2D eigenvalue weighted by Gasteiger charge is 2.42. The number of hydrogen-bond donors (Lipinski definition) is 2. The normalized spacial score (nSPS) is 20.2. The predicted molar refractivity (Wildman–Crippen MR) is 117 cm³/mol. The molecule has 3 heterocycles. The summed E-state index contributed by atoms with van der Waals surface area (Å²) in [4.78, 5) is 22.7. The number of anilines is 2. The SMILES string of the molecule is Cc1c(C(C)(F)F)cnc(N2CCC(F)(F)[C@@H](C)C2)c1C(=O)Nc1ccnc([S@](C)(=N)=O)c1. The van der Waals surface area contributed by atoms with Gasteiger partial charge in [0.25, 0.3) is 17.8 Å². The molecule has 0 aromatic carbocycles. The summed E-state index contributed by atoms with van der Waals surface area (Å²) < 4.78 is 76.0. The zero-order valence-electron chi connectivity index (χ0n) is 18.6. The molecule has 0 bridgehead atoms. The van der Waals surface area contributed by atoms with Crippen molar-refractivity contribution in [2.24, 2.45) is 5.92 Å². The molecule has 3 rings (SSSR count). The van der Waals surface area contributed by atoms with Crippen LogP contribution in [0.15, 0.2) is 29.6 Å². The summed E-state index contributed by atoms with van der Waals surface area (Å²) >= 11 is 0. The Morgan fingerprint density at radius 2 is 2.03 bits per heavy atom. The van der Waals surface area contributed by atoms with Gasteiger partial charge in [-0.1, -0.05) is 6.92 Å². The lowest BCUT2D eigenvalue weighted by atomic mass is 9.94. The fourth-order valence-corrected chi connectivity index (χ4v) is 4.33. The van der Waals surface area contributed by atoms with Gasteiger partial charge in [0.1, 0.15) is 10.8 Å². The molecule has 1 saturated heterocycles. The van der Waals surface area contributed by atoms with E-state index < -0.39 is 45.4 Å². The van der Waals surface area contributed by atoms with Crippen LogP contribution in [0, 0.1) is 17.6 Å². The van der Waals surface area contributed by atoms with Crippen molar-refractivity contribution >= 4 is 27.1 Å². The van der Waals surface area contributed by atoms with Crippen molar-refractivity contribution in [3.63, 3.8) is 0 Å². The van der Waals surface area contributed by atoms with Crippen molar-refractivity contribution < 1.29 is 26.6 Å². The zero-order valence-corrected chi connectivity index (χ0v) is 19.4.